The topological polar surface area (TPSA) is 45.7 Å². The smallest absolute Gasteiger partial charge is 0.191 e. The maximum Gasteiger partial charge on any atom is 0.191 e. The van der Waals surface area contributed by atoms with Gasteiger partial charge in [0.05, 0.1) is 18.2 Å². The number of fused-ring (bicyclic) bond motifs is 2. The summed E-state index contributed by atoms with van der Waals surface area (Å²) in [4.78, 5) is 4.80. The molecule has 2 bridgehead atoms. The molecule has 1 aromatic rings. The SMILES string of the molecule is CCNC(=NCC(C)c1ccc(C)cc1)NC1CC2CCC1O2. The summed E-state index contributed by atoms with van der Waals surface area (Å²) in [5.41, 5.74) is 2.65. The van der Waals surface area contributed by atoms with Crippen LogP contribution >= 0.6 is 0 Å². The minimum Gasteiger partial charge on any atom is -0.373 e. The number of nitrogens with zero attached hydrogens (tertiary/aromatic N) is 1. The van der Waals surface area contributed by atoms with E-state index in [1.165, 1.54) is 24.0 Å². The number of guanidine groups is 1. The third kappa shape index (κ3) is 4.05. The Morgan fingerprint density at radius 3 is 2.70 bits per heavy atom. The zero-order chi connectivity index (χ0) is 16.2. The molecular formula is C19H29N3O. The molecule has 0 amide bonds. The lowest BCUT2D eigenvalue weighted by Gasteiger charge is -2.23. The van der Waals surface area contributed by atoms with Crippen LogP contribution in [0.4, 0.5) is 0 Å². The van der Waals surface area contributed by atoms with Gasteiger partial charge in [-0.25, -0.2) is 0 Å². The van der Waals surface area contributed by atoms with Crippen LogP contribution in [0.3, 0.4) is 0 Å². The molecule has 2 aliphatic heterocycles. The molecule has 0 saturated carbocycles. The molecule has 4 unspecified atom stereocenters. The number of ether oxygens (including phenoxy) is 1. The fourth-order valence-electron chi connectivity index (χ4n) is 3.51. The Morgan fingerprint density at radius 2 is 2.09 bits per heavy atom. The first-order chi connectivity index (χ1) is 11.2. The second kappa shape index (κ2) is 7.35. The van der Waals surface area contributed by atoms with Crippen LogP contribution < -0.4 is 10.6 Å². The van der Waals surface area contributed by atoms with Crippen LogP contribution in [-0.2, 0) is 4.74 Å². The summed E-state index contributed by atoms with van der Waals surface area (Å²) in [6.07, 6.45) is 4.36. The van der Waals surface area contributed by atoms with E-state index in [9.17, 15) is 0 Å². The number of rotatable bonds is 5. The molecule has 23 heavy (non-hydrogen) atoms. The van der Waals surface area contributed by atoms with E-state index in [2.05, 4.69) is 55.7 Å². The highest BCUT2D eigenvalue weighted by molar-refractivity contribution is 5.80. The van der Waals surface area contributed by atoms with E-state index in [0.29, 0.717) is 24.2 Å². The van der Waals surface area contributed by atoms with Crippen LogP contribution in [0.2, 0.25) is 0 Å². The van der Waals surface area contributed by atoms with E-state index in [-0.39, 0.29) is 0 Å². The summed E-state index contributed by atoms with van der Waals surface area (Å²) in [6, 6.07) is 9.18. The first-order valence-electron chi connectivity index (χ1n) is 8.92. The van der Waals surface area contributed by atoms with E-state index < -0.39 is 0 Å². The Labute approximate surface area is 139 Å². The number of benzene rings is 1. The second-order valence-electron chi connectivity index (χ2n) is 6.89. The zero-order valence-corrected chi connectivity index (χ0v) is 14.5. The van der Waals surface area contributed by atoms with E-state index in [1.54, 1.807) is 0 Å². The van der Waals surface area contributed by atoms with Crippen molar-refractivity contribution in [2.45, 2.75) is 64.2 Å². The molecular weight excluding hydrogens is 286 g/mol. The van der Waals surface area contributed by atoms with Gasteiger partial charge in [0.2, 0.25) is 0 Å². The summed E-state index contributed by atoms with van der Waals surface area (Å²) in [5, 5.41) is 6.95. The number of aliphatic imine (C=N–C) groups is 1. The summed E-state index contributed by atoms with van der Waals surface area (Å²) >= 11 is 0. The Balaban J connectivity index is 1.58. The molecule has 0 aliphatic carbocycles. The number of aryl methyl sites for hydroxylation is 1. The van der Waals surface area contributed by atoms with Gasteiger partial charge in [0, 0.05) is 19.0 Å². The predicted octanol–water partition coefficient (Wildman–Crippen LogP) is 2.97. The Kier molecular flexibility index (Phi) is 5.21. The van der Waals surface area contributed by atoms with Gasteiger partial charge in [0.25, 0.3) is 0 Å². The molecule has 1 aromatic carbocycles. The molecule has 4 nitrogen and oxygen atoms in total. The lowest BCUT2D eigenvalue weighted by Crippen LogP contribution is -2.47. The van der Waals surface area contributed by atoms with Gasteiger partial charge >= 0.3 is 0 Å². The van der Waals surface area contributed by atoms with Crippen LogP contribution in [0.1, 0.15) is 50.2 Å². The number of hydrogen-bond donors (Lipinski definition) is 2. The van der Waals surface area contributed by atoms with E-state index in [1.807, 2.05) is 0 Å². The molecule has 2 saturated heterocycles. The average Bonchev–Trinajstić information content (AvgIpc) is 3.16. The Hall–Kier alpha value is -1.55. The highest BCUT2D eigenvalue weighted by atomic mass is 16.5. The van der Waals surface area contributed by atoms with Crippen molar-refractivity contribution in [1.82, 2.24) is 10.6 Å². The summed E-state index contributed by atoms with van der Waals surface area (Å²) < 4.78 is 5.92. The van der Waals surface area contributed by atoms with Gasteiger partial charge in [-0.1, -0.05) is 36.8 Å². The number of hydrogen-bond acceptors (Lipinski definition) is 2. The molecule has 126 valence electrons. The van der Waals surface area contributed by atoms with E-state index in [0.717, 1.165) is 25.5 Å². The predicted molar refractivity (Wildman–Crippen MR) is 95.0 cm³/mol. The summed E-state index contributed by atoms with van der Waals surface area (Å²) in [5.74, 6) is 1.34. The normalized spacial score (nSPS) is 28.0. The van der Waals surface area contributed by atoms with Crippen LogP contribution in [-0.4, -0.2) is 37.3 Å². The zero-order valence-electron chi connectivity index (χ0n) is 14.5. The maximum absolute atomic E-state index is 5.92. The van der Waals surface area contributed by atoms with Crippen molar-refractivity contribution in [3.63, 3.8) is 0 Å². The fourth-order valence-corrected chi connectivity index (χ4v) is 3.51. The van der Waals surface area contributed by atoms with Crippen LogP contribution in [0.5, 0.6) is 0 Å². The lowest BCUT2D eigenvalue weighted by atomic mass is 9.96. The first kappa shape index (κ1) is 16.3. The van der Waals surface area contributed by atoms with Crippen molar-refractivity contribution in [3.05, 3.63) is 35.4 Å². The second-order valence-corrected chi connectivity index (χ2v) is 6.89. The van der Waals surface area contributed by atoms with Crippen molar-refractivity contribution in [3.8, 4) is 0 Å². The molecule has 0 aromatic heterocycles. The molecule has 4 atom stereocenters. The molecule has 2 fully saturated rings. The summed E-state index contributed by atoms with van der Waals surface area (Å²) in [6.45, 7) is 8.14. The summed E-state index contributed by atoms with van der Waals surface area (Å²) in [7, 11) is 0. The minimum atomic E-state index is 0.373. The third-order valence-corrected chi connectivity index (χ3v) is 4.94. The Bertz CT molecular complexity index is 540. The van der Waals surface area contributed by atoms with Crippen molar-refractivity contribution in [2.75, 3.05) is 13.1 Å². The van der Waals surface area contributed by atoms with E-state index in [4.69, 9.17) is 9.73 Å². The Morgan fingerprint density at radius 1 is 1.30 bits per heavy atom. The molecule has 4 heteroatoms. The third-order valence-electron chi connectivity index (χ3n) is 4.94. The molecule has 2 heterocycles. The van der Waals surface area contributed by atoms with Crippen molar-refractivity contribution < 1.29 is 4.74 Å². The molecule has 2 aliphatic rings. The molecule has 3 rings (SSSR count). The average molecular weight is 315 g/mol. The highest BCUT2D eigenvalue weighted by Crippen LogP contribution is 2.34. The fraction of sp³-hybridized carbons (Fsp3) is 0.632. The van der Waals surface area contributed by atoms with Crippen molar-refractivity contribution >= 4 is 5.96 Å². The van der Waals surface area contributed by atoms with Crippen molar-refractivity contribution in [2.24, 2.45) is 4.99 Å². The highest BCUT2D eigenvalue weighted by Gasteiger charge is 2.41. The number of nitrogens with one attached hydrogen (secondary N) is 2. The van der Waals surface area contributed by atoms with Crippen LogP contribution in [0.25, 0.3) is 0 Å². The van der Waals surface area contributed by atoms with E-state index >= 15 is 0 Å². The largest absolute Gasteiger partial charge is 0.373 e. The van der Waals surface area contributed by atoms with Gasteiger partial charge in [0.1, 0.15) is 0 Å². The van der Waals surface area contributed by atoms with Gasteiger partial charge in [-0.2, -0.15) is 0 Å². The monoisotopic (exact) mass is 315 g/mol. The minimum absolute atomic E-state index is 0.373. The molecule has 0 radical (unpaired) electrons. The van der Waals surface area contributed by atoms with Gasteiger partial charge in [-0.3, -0.25) is 4.99 Å². The molecule has 0 spiro atoms. The van der Waals surface area contributed by atoms with Crippen LogP contribution in [0, 0.1) is 6.92 Å². The van der Waals surface area contributed by atoms with Gasteiger partial charge in [0.15, 0.2) is 5.96 Å². The maximum atomic E-state index is 5.92. The van der Waals surface area contributed by atoms with Gasteiger partial charge in [-0.15, -0.1) is 0 Å². The van der Waals surface area contributed by atoms with Gasteiger partial charge in [-0.05, 0) is 38.7 Å². The molecule has 2 N–H and O–H groups in total. The lowest BCUT2D eigenvalue weighted by molar-refractivity contribution is 0.0992. The quantitative estimate of drug-likeness (QED) is 0.648. The van der Waals surface area contributed by atoms with Gasteiger partial charge < -0.3 is 15.4 Å². The van der Waals surface area contributed by atoms with Crippen molar-refractivity contribution in [1.29, 1.82) is 0 Å². The first-order valence-corrected chi connectivity index (χ1v) is 8.92. The van der Waals surface area contributed by atoms with Crippen LogP contribution in [0.15, 0.2) is 29.3 Å². The standard InChI is InChI=1S/C19H29N3O/c1-4-20-19(22-17-11-16-9-10-18(17)23-16)21-12-14(3)15-7-5-13(2)6-8-15/h5-8,14,16-18H,4,9-12H2,1-3H3,(H2,20,21,22).